The zero-order chi connectivity index (χ0) is 14.7. The molecule has 2 rings (SSSR count). The Balaban J connectivity index is 2.23. The van der Waals surface area contributed by atoms with Crippen LogP contribution in [0.4, 0.5) is 0 Å². The molecule has 0 spiro atoms. The summed E-state index contributed by atoms with van der Waals surface area (Å²) in [5, 5.41) is 2.13. The molecule has 0 radical (unpaired) electrons. The maximum Gasteiger partial charge on any atom is 0.302 e. The number of hydrogen-bond donors (Lipinski definition) is 0. The molecule has 0 aliphatic heterocycles. The molecule has 3 nitrogen and oxygen atoms in total. The minimum Gasteiger partial charge on any atom is -0.463 e. The lowest BCUT2D eigenvalue weighted by Gasteiger charge is -2.12. The molecule has 0 N–H and O–H groups in total. The lowest BCUT2D eigenvalue weighted by atomic mass is 10.0. The molecule has 0 aromatic heterocycles. The monoisotopic (exact) mass is 270 g/mol. The lowest BCUT2D eigenvalue weighted by molar-refractivity contribution is -0.145. The average Bonchev–Trinajstić information content (AvgIpc) is 2.36. The Morgan fingerprint density at radius 3 is 2.35 bits per heavy atom. The highest BCUT2D eigenvalue weighted by Gasteiger charge is 2.08. The number of Topliss-reactive ketones (excluding diaryl/α,β-unsaturated/α-hetero) is 1. The number of carbonyl (C=O) groups is 2. The van der Waals surface area contributed by atoms with E-state index in [-0.39, 0.29) is 17.9 Å². The van der Waals surface area contributed by atoms with Gasteiger partial charge in [-0.25, -0.2) is 0 Å². The van der Waals surface area contributed by atoms with Gasteiger partial charge >= 0.3 is 5.97 Å². The smallest absolute Gasteiger partial charge is 0.302 e. The van der Waals surface area contributed by atoms with Gasteiger partial charge in [0.15, 0.2) is 5.78 Å². The van der Waals surface area contributed by atoms with Crippen LogP contribution < -0.4 is 0 Å². The summed E-state index contributed by atoms with van der Waals surface area (Å²) in [6.45, 7) is 4.86. The summed E-state index contributed by atoms with van der Waals surface area (Å²) in [7, 11) is 0. The molecular weight excluding hydrogens is 252 g/mol. The number of ketones is 1. The molecule has 2 aromatic rings. The van der Waals surface area contributed by atoms with Crippen LogP contribution in [0.15, 0.2) is 36.4 Å². The normalized spacial score (nSPS) is 12.2. The van der Waals surface area contributed by atoms with Crippen LogP contribution in [0.2, 0.25) is 0 Å². The third kappa shape index (κ3) is 3.44. The van der Waals surface area contributed by atoms with E-state index >= 15 is 0 Å². The van der Waals surface area contributed by atoms with Crippen LogP contribution in [0, 0.1) is 0 Å². The zero-order valence-corrected chi connectivity index (χ0v) is 12.0. The van der Waals surface area contributed by atoms with Gasteiger partial charge < -0.3 is 4.74 Å². The zero-order valence-electron chi connectivity index (χ0n) is 12.0. The first-order valence-electron chi connectivity index (χ1n) is 6.66. The average molecular weight is 270 g/mol. The molecule has 0 amide bonds. The van der Waals surface area contributed by atoms with E-state index in [2.05, 4.69) is 6.07 Å². The van der Waals surface area contributed by atoms with Crippen molar-refractivity contribution in [3.63, 3.8) is 0 Å². The second-order valence-corrected chi connectivity index (χ2v) is 5.08. The van der Waals surface area contributed by atoms with Gasteiger partial charge in [-0.1, -0.05) is 30.3 Å². The molecule has 104 valence electrons. The highest BCUT2D eigenvalue weighted by atomic mass is 16.5. The van der Waals surface area contributed by atoms with Gasteiger partial charge in [0.05, 0.1) is 0 Å². The van der Waals surface area contributed by atoms with E-state index in [1.54, 1.807) is 6.92 Å². The van der Waals surface area contributed by atoms with Crippen molar-refractivity contribution < 1.29 is 14.3 Å². The van der Waals surface area contributed by atoms with E-state index in [0.717, 1.165) is 21.9 Å². The molecule has 0 bridgehead atoms. The highest BCUT2D eigenvalue weighted by Crippen LogP contribution is 2.19. The van der Waals surface area contributed by atoms with Gasteiger partial charge in [-0.2, -0.15) is 0 Å². The van der Waals surface area contributed by atoms with E-state index in [9.17, 15) is 9.59 Å². The summed E-state index contributed by atoms with van der Waals surface area (Å²) < 4.78 is 5.13. The predicted molar refractivity (Wildman–Crippen MR) is 78.9 cm³/mol. The van der Waals surface area contributed by atoms with E-state index in [4.69, 9.17) is 4.74 Å². The Morgan fingerprint density at radius 1 is 1.05 bits per heavy atom. The Kier molecular flexibility index (Phi) is 4.18. The molecule has 0 heterocycles. The molecule has 0 saturated carbocycles. The lowest BCUT2D eigenvalue weighted by Crippen LogP contribution is -2.14. The van der Waals surface area contributed by atoms with Crippen LogP contribution in [0.3, 0.4) is 0 Å². The summed E-state index contributed by atoms with van der Waals surface area (Å²) in [6, 6.07) is 11.8. The molecule has 0 saturated heterocycles. The summed E-state index contributed by atoms with van der Waals surface area (Å²) >= 11 is 0. The van der Waals surface area contributed by atoms with Crippen LogP contribution in [-0.2, 0) is 16.0 Å². The Hall–Kier alpha value is -2.16. The highest BCUT2D eigenvalue weighted by molar-refractivity contribution is 5.98. The molecular formula is C17H18O3. The number of carbonyl (C=O) groups excluding carboxylic acids is 2. The van der Waals surface area contributed by atoms with Crippen LogP contribution in [0.25, 0.3) is 10.8 Å². The van der Waals surface area contributed by atoms with Crippen LogP contribution in [-0.4, -0.2) is 17.9 Å². The van der Waals surface area contributed by atoms with Gasteiger partial charge in [-0.05, 0) is 36.2 Å². The first kappa shape index (κ1) is 14.3. The van der Waals surface area contributed by atoms with Crippen molar-refractivity contribution in [3.05, 3.63) is 47.5 Å². The summed E-state index contributed by atoms with van der Waals surface area (Å²) in [5.41, 5.74) is 1.83. The van der Waals surface area contributed by atoms with Gasteiger partial charge in [0.2, 0.25) is 0 Å². The molecule has 3 heteroatoms. The Labute approximate surface area is 118 Å². The quantitative estimate of drug-likeness (QED) is 0.630. The van der Waals surface area contributed by atoms with E-state index in [1.807, 2.05) is 37.3 Å². The maximum absolute atomic E-state index is 11.4. The van der Waals surface area contributed by atoms with Gasteiger partial charge in [0, 0.05) is 18.9 Å². The minimum absolute atomic E-state index is 0.0689. The second kappa shape index (κ2) is 5.87. The third-order valence-electron chi connectivity index (χ3n) is 3.20. The molecule has 0 aliphatic rings. The largest absolute Gasteiger partial charge is 0.463 e. The molecule has 20 heavy (non-hydrogen) atoms. The third-order valence-corrected chi connectivity index (χ3v) is 3.20. The number of esters is 1. The SMILES string of the molecule is CC(=O)OC(C)Cc1ccc2cc(C(C)=O)ccc2c1. The first-order chi connectivity index (χ1) is 9.45. The van der Waals surface area contributed by atoms with Crippen molar-refractivity contribution in [2.45, 2.75) is 33.3 Å². The van der Waals surface area contributed by atoms with E-state index in [1.165, 1.54) is 6.92 Å². The minimum atomic E-state index is -0.260. The van der Waals surface area contributed by atoms with Crippen LogP contribution >= 0.6 is 0 Å². The van der Waals surface area contributed by atoms with Crippen molar-refractivity contribution in [2.75, 3.05) is 0 Å². The van der Waals surface area contributed by atoms with Crippen LogP contribution in [0.1, 0.15) is 36.7 Å². The standard InChI is InChI=1S/C17H18O3/c1-11(20-13(3)19)8-14-4-5-17-10-15(12(2)18)6-7-16(17)9-14/h4-7,9-11H,8H2,1-3H3. The molecule has 0 fully saturated rings. The van der Waals surface area contributed by atoms with Crippen LogP contribution in [0.5, 0.6) is 0 Å². The van der Waals surface area contributed by atoms with Gasteiger partial charge in [0.25, 0.3) is 0 Å². The first-order valence-corrected chi connectivity index (χ1v) is 6.66. The van der Waals surface area contributed by atoms with Crippen molar-refractivity contribution in [2.24, 2.45) is 0 Å². The topological polar surface area (TPSA) is 43.4 Å². The van der Waals surface area contributed by atoms with Crippen molar-refractivity contribution in [1.29, 1.82) is 0 Å². The van der Waals surface area contributed by atoms with Gasteiger partial charge in [0.1, 0.15) is 6.10 Å². The fraction of sp³-hybridized carbons (Fsp3) is 0.294. The summed E-state index contributed by atoms with van der Waals surface area (Å²) in [4.78, 5) is 22.3. The number of rotatable bonds is 4. The van der Waals surface area contributed by atoms with Crippen molar-refractivity contribution >= 4 is 22.5 Å². The molecule has 1 unspecified atom stereocenters. The summed E-state index contributed by atoms with van der Waals surface area (Å²) in [5.74, 6) is -0.191. The molecule has 0 aliphatic carbocycles. The number of hydrogen-bond acceptors (Lipinski definition) is 3. The van der Waals surface area contributed by atoms with Crippen molar-refractivity contribution in [3.8, 4) is 0 Å². The van der Waals surface area contributed by atoms with Gasteiger partial charge in [-0.15, -0.1) is 0 Å². The fourth-order valence-electron chi connectivity index (χ4n) is 2.30. The number of fused-ring (bicyclic) bond motifs is 1. The predicted octanol–water partition coefficient (Wildman–Crippen LogP) is 3.54. The fourth-order valence-corrected chi connectivity index (χ4v) is 2.30. The second-order valence-electron chi connectivity index (χ2n) is 5.08. The molecule has 1 atom stereocenters. The maximum atomic E-state index is 11.4. The molecule has 2 aromatic carbocycles. The Morgan fingerprint density at radius 2 is 1.70 bits per heavy atom. The van der Waals surface area contributed by atoms with E-state index in [0.29, 0.717) is 6.42 Å². The van der Waals surface area contributed by atoms with E-state index < -0.39 is 0 Å². The van der Waals surface area contributed by atoms with Gasteiger partial charge in [-0.3, -0.25) is 9.59 Å². The Bertz CT molecular complexity index is 658. The number of benzene rings is 2. The van der Waals surface area contributed by atoms with Crippen molar-refractivity contribution in [1.82, 2.24) is 0 Å². The summed E-state index contributed by atoms with van der Waals surface area (Å²) in [6.07, 6.45) is 0.547. The number of ether oxygens (including phenoxy) is 1.